The lowest BCUT2D eigenvalue weighted by atomic mass is 9.87. The van der Waals surface area contributed by atoms with E-state index < -0.39 is 0 Å². The molecule has 4 nitrogen and oxygen atoms in total. The summed E-state index contributed by atoms with van der Waals surface area (Å²) in [5, 5.41) is 6.09. The highest BCUT2D eigenvalue weighted by molar-refractivity contribution is 7.13. The summed E-state index contributed by atoms with van der Waals surface area (Å²) >= 11 is 1.64. The minimum absolute atomic E-state index is 0.0356. The van der Waals surface area contributed by atoms with Crippen molar-refractivity contribution in [3.05, 3.63) is 94.9 Å². The van der Waals surface area contributed by atoms with Crippen LogP contribution >= 0.6 is 11.3 Å². The molecular weight excluding hydrogens is 464 g/mol. The molecule has 0 bridgehead atoms. The molecule has 1 heterocycles. The number of carbonyl (C=O) groups excluding carboxylic acids is 1. The molecule has 0 aliphatic carbocycles. The lowest BCUT2D eigenvalue weighted by Gasteiger charge is -2.19. The molecule has 3 aromatic carbocycles. The lowest BCUT2D eigenvalue weighted by Crippen LogP contribution is -2.22. The summed E-state index contributed by atoms with van der Waals surface area (Å²) in [6.45, 7) is 9.70. The Morgan fingerprint density at radius 1 is 0.917 bits per heavy atom. The second-order valence-corrected chi connectivity index (χ2v) is 11.0. The Bertz CT molecular complexity index is 1270. The topological polar surface area (TPSA) is 51.2 Å². The Morgan fingerprint density at radius 3 is 2.25 bits per heavy atom. The molecule has 0 spiro atoms. The van der Waals surface area contributed by atoms with Gasteiger partial charge in [0.15, 0.2) is 0 Å². The fourth-order valence-electron chi connectivity index (χ4n) is 3.79. The second-order valence-electron chi connectivity index (χ2n) is 10.1. The Balaban J connectivity index is 1.19. The van der Waals surface area contributed by atoms with E-state index in [1.54, 1.807) is 11.3 Å². The van der Waals surface area contributed by atoms with Gasteiger partial charge in [-0.05, 0) is 42.0 Å². The van der Waals surface area contributed by atoms with E-state index in [1.807, 2.05) is 24.3 Å². The van der Waals surface area contributed by atoms with Crippen LogP contribution in [0.3, 0.4) is 0 Å². The molecule has 0 aliphatic rings. The molecular formula is C31H34N2O2S. The predicted octanol–water partition coefficient (Wildman–Crippen LogP) is 7.56. The molecule has 0 atom stereocenters. The third-order valence-electron chi connectivity index (χ3n) is 6.08. The van der Waals surface area contributed by atoms with Gasteiger partial charge in [0.05, 0.1) is 12.3 Å². The summed E-state index contributed by atoms with van der Waals surface area (Å²) < 4.78 is 5.79. The van der Waals surface area contributed by atoms with E-state index in [4.69, 9.17) is 9.72 Å². The first-order valence-electron chi connectivity index (χ1n) is 12.4. The van der Waals surface area contributed by atoms with E-state index in [1.165, 1.54) is 11.1 Å². The summed E-state index contributed by atoms with van der Waals surface area (Å²) in [6.07, 6.45) is 1.12. The number of thiazole rings is 1. The van der Waals surface area contributed by atoms with E-state index >= 15 is 0 Å². The lowest BCUT2D eigenvalue weighted by molar-refractivity contribution is -0.121. The van der Waals surface area contributed by atoms with Gasteiger partial charge in [0.2, 0.25) is 5.91 Å². The summed E-state index contributed by atoms with van der Waals surface area (Å²) in [6, 6.07) is 24.9. The molecule has 0 radical (unpaired) electrons. The van der Waals surface area contributed by atoms with Crippen molar-refractivity contribution in [2.24, 2.45) is 0 Å². The number of ether oxygens (including phenoxy) is 1. The first-order chi connectivity index (χ1) is 17.3. The van der Waals surface area contributed by atoms with E-state index in [-0.39, 0.29) is 11.3 Å². The van der Waals surface area contributed by atoms with Crippen LogP contribution < -0.4 is 10.1 Å². The Morgan fingerprint density at radius 2 is 1.58 bits per heavy atom. The molecule has 5 heteroatoms. The fraction of sp³-hybridized carbons (Fsp3) is 0.290. The van der Waals surface area contributed by atoms with Crippen LogP contribution in [-0.2, 0) is 16.8 Å². The minimum Gasteiger partial charge on any atom is -0.494 e. The Hall–Kier alpha value is -3.44. The summed E-state index contributed by atoms with van der Waals surface area (Å²) in [7, 11) is 0. The van der Waals surface area contributed by atoms with Crippen LogP contribution in [0.15, 0.2) is 78.2 Å². The molecule has 36 heavy (non-hydrogen) atoms. The van der Waals surface area contributed by atoms with Crippen molar-refractivity contribution in [1.82, 2.24) is 10.3 Å². The molecule has 1 N–H and O–H groups in total. The van der Waals surface area contributed by atoms with Gasteiger partial charge in [-0.25, -0.2) is 4.98 Å². The highest BCUT2D eigenvalue weighted by Gasteiger charge is 2.13. The van der Waals surface area contributed by atoms with E-state index in [9.17, 15) is 4.79 Å². The third-order valence-corrected chi connectivity index (χ3v) is 6.97. The Labute approximate surface area is 218 Å². The average Bonchev–Trinajstić information content (AvgIpc) is 3.36. The quantitative estimate of drug-likeness (QED) is 0.242. The average molecular weight is 499 g/mol. The molecule has 0 aliphatic heterocycles. The van der Waals surface area contributed by atoms with Crippen LogP contribution in [0, 0.1) is 6.92 Å². The maximum Gasteiger partial charge on any atom is 0.220 e. The van der Waals surface area contributed by atoms with Crippen molar-refractivity contribution in [2.75, 3.05) is 6.61 Å². The number of aromatic nitrogens is 1. The largest absolute Gasteiger partial charge is 0.494 e. The minimum atomic E-state index is 0.0356. The molecule has 0 saturated heterocycles. The van der Waals surface area contributed by atoms with Crippen molar-refractivity contribution >= 4 is 17.2 Å². The number of carbonyl (C=O) groups is 1. The van der Waals surface area contributed by atoms with Gasteiger partial charge in [0.1, 0.15) is 10.8 Å². The number of nitrogens with one attached hydrogen (secondary N) is 1. The zero-order valence-corrected chi connectivity index (χ0v) is 22.3. The van der Waals surface area contributed by atoms with E-state index in [0.717, 1.165) is 33.1 Å². The highest BCUT2D eigenvalue weighted by Crippen LogP contribution is 2.29. The highest BCUT2D eigenvalue weighted by atomic mass is 32.1. The first kappa shape index (κ1) is 25.6. The van der Waals surface area contributed by atoms with E-state index in [2.05, 4.69) is 86.9 Å². The predicted molar refractivity (Wildman–Crippen MR) is 149 cm³/mol. The van der Waals surface area contributed by atoms with Crippen molar-refractivity contribution in [3.63, 3.8) is 0 Å². The number of nitrogens with zero attached hydrogens (tertiary/aromatic N) is 1. The van der Waals surface area contributed by atoms with Gasteiger partial charge in [0, 0.05) is 29.5 Å². The zero-order chi connectivity index (χ0) is 25.5. The van der Waals surface area contributed by atoms with E-state index in [0.29, 0.717) is 26.0 Å². The van der Waals surface area contributed by atoms with Crippen molar-refractivity contribution < 1.29 is 9.53 Å². The van der Waals surface area contributed by atoms with Gasteiger partial charge >= 0.3 is 0 Å². The standard InChI is InChI=1S/C31H34N2O2S/c1-22-7-11-24(12-8-22)28-21-36-30(33-28)25-13-9-23(10-14-25)20-32-29(34)6-5-19-35-27-17-15-26(16-18-27)31(2,3)4/h7-18,21H,5-6,19-20H2,1-4H3,(H,32,34). The normalized spacial score (nSPS) is 11.3. The second kappa shape index (κ2) is 11.5. The maximum absolute atomic E-state index is 12.3. The molecule has 1 aromatic heterocycles. The zero-order valence-electron chi connectivity index (χ0n) is 21.5. The smallest absolute Gasteiger partial charge is 0.220 e. The fourth-order valence-corrected chi connectivity index (χ4v) is 4.63. The molecule has 4 aromatic rings. The number of aryl methyl sites for hydroxylation is 1. The third kappa shape index (κ3) is 7.05. The number of rotatable bonds is 9. The van der Waals surface area contributed by atoms with Crippen LogP contribution in [0.25, 0.3) is 21.8 Å². The Kier molecular flexibility index (Phi) is 8.21. The molecule has 0 unspecified atom stereocenters. The van der Waals surface area contributed by atoms with Crippen LogP contribution in [-0.4, -0.2) is 17.5 Å². The SMILES string of the molecule is Cc1ccc(-c2csc(-c3ccc(CNC(=O)CCCOc4ccc(C(C)(C)C)cc4)cc3)n2)cc1. The van der Waals surface area contributed by atoms with Crippen molar-refractivity contribution in [2.45, 2.75) is 52.5 Å². The maximum atomic E-state index is 12.3. The summed E-state index contributed by atoms with van der Waals surface area (Å²) in [4.78, 5) is 17.1. The van der Waals surface area contributed by atoms with Crippen LogP contribution in [0.1, 0.15) is 50.3 Å². The number of benzene rings is 3. The van der Waals surface area contributed by atoms with Crippen LogP contribution in [0.4, 0.5) is 0 Å². The van der Waals surface area contributed by atoms with Gasteiger partial charge in [-0.1, -0.05) is 87.0 Å². The molecule has 0 saturated carbocycles. The summed E-state index contributed by atoms with van der Waals surface area (Å²) in [5.41, 5.74) is 6.93. The molecule has 4 rings (SSSR count). The number of hydrogen-bond donors (Lipinski definition) is 1. The van der Waals surface area contributed by atoms with Gasteiger partial charge < -0.3 is 10.1 Å². The number of amides is 1. The van der Waals surface area contributed by atoms with Crippen molar-refractivity contribution in [1.29, 1.82) is 0 Å². The number of hydrogen-bond acceptors (Lipinski definition) is 4. The van der Waals surface area contributed by atoms with Crippen molar-refractivity contribution in [3.8, 4) is 27.6 Å². The monoisotopic (exact) mass is 498 g/mol. The summed E-state index contributed by atoms with van der Waals surface area (Å²) in [5.74, 6) is 0.878. The first-order valence-corrected chi connectivity index (χ1v) is 13.3. The molecule has 1 amide bonds. The van der Waals surface area contributed by atoms with Crippen LogP contribution in [0.2, 0.25) is 0 Å². The molecule has 186 valence electrons. The van der Waals surface area contributed by atoms with Gasteiger partial charge in [0.25, 0.3) is 0 Å². The van der Waals surface area contributed by atoms with Gasteiger partial charge in [-0.15, -0.1) is 11.3 Å². The molecule has 0 fully saturated rings. The van der Waals surface area contributed by atoms with Crippen LogP contribution in [0.5, 0.6) is 5.75 Å². The van der Waals surface area contributed by atoms with Gasteiger partial charge in [-0.2, -0.15) is 0 Å². The van der Waals surface area contributed by atoms with Gasteiger partial charge in [-0.3, -0.25) is 4.79 Å².